The van der Waals surface area contributed by atoms with Crippen LogP contribution in [0.4, 0.5) is 26.3 Å². The van der Waals surface area contributed by atoms with Crippen LogP contribution in [0.3, 0.4) is 0 Å². The molecule has 2 aromatic carbocycles. The van der Waals surface area contributed by atoms with E-state index in [1.165, 1.54) is 18.2 Å². The first kappa shape index (κ1) is 22.0. The molecule has 1 unspecified atom stereocenters. The van der Waals surface area contributed by atoms with E-state index in [0.717, 1.165) is 37.1 Å². The molecule has 3 nitrogen and oxygen atoms in total. The van der Waals surface area contributed by atoms with Gasteiger partial charge in [-0.2, -0.15) is 26.3 Å². The molecule has 9 heteroatoms. The third-order valence-corrected chi connectivity index (χ3v) is 4.88. The quantitative estimate of drug-likeness (QED) is 0.524. The van der Waals surface area contributed by atoms with Crippen molar-refractivity contribution in [2.45, 2.75) is 37.5 Å². The fourth-order valence-electron chi connectivity index (χ4n) is 3.18. The Morgan fingerprint density at radius 3 is 2.17 bits per heavy atom. The van der Waals surface area contributed by atoms with E-state index in [1.54, 1.807) is 0 Å². The number of ether oxygens (including phenoxy) is 1. The van der Waals surface area contributed by atoms with Gasteiger partial charge in [0.25, 0.3) is 0 Å². The predicted octanol–water partition coefficient (Wildman–Crippen LogP) is 6.28. The Bertz CT molecular complexity index is 898. The van der Waals surface area contributed by atoms with Crippen LogP contribution >= 0.6 is 0 Å². The van der Waals surface area contributed by atoms with Crippen LogP contribution in [-0.4, -0.2) is 23.9 Å². The van der Waals surface area contributed by atoms with Gasteiger partial charge in [0.1, 0.15) is 5.75 Å². The van der Waals surface area contributed by atoms with Crippen molar-refractivity contribution in [1.82, 2.24) is 0 Å². The molecule has 2 aromatic rings. The van der Waals surface area contributed by atoms with E-state index >= 15 is 0 Å². The minimum atomic E-state index is -4.61. The molecule has 30 heavy (non-hydrogen) atoms. The molecule has 0 saturated heterocycles. The van der Waals surface area contributed by atoms with E-state index < -0.39 is 36.4 Å². The molecule has 1 fully saturated rings. The van der Waals surface area contributed by atoms with Crippen molar-refractivity contribution in [1.29, 1.82) is 0 Å². The van der Waals surface area contributed by atoms with Gasteiger partial charge in [-0.05, 0) is 47.7 Å². The van der Waals surface area contributed by atoms with Gasteiger partial charge < -0.3 is 9.84 Å². The van der Waals surface area contributed by atoms with Crippen molar-refractivity contribution < 1.29 is 41.0 Å². The summed E-state index contributed by atoms with van der Waals surface area (Å²) in [6.07, 6.45) is -6.94. The minimum absolute atomic E-state index is 0.104. The Labute approximate surface area is 168 Å². The number of halogens is 6. The lowest BCUT2D eigenvalue weighted by Gasteiger charge is -2.18. The molecule has 1 atom stereocenters. The zero-order valence-electron chi connectivity index (χ0n) is 15.6. The van der Waals surface area contributed by atoms with Gasteiger partial charge in [0, 0.05) is 5.56 Å². The Morgan fingerprint density at radius 2 is 1.67 bits per heavy atom. The van der Waals surface area contributed by atoms with E-state index in [0.29, 0.717) is 12.0 Å². The minimum Gasteiger partial charge on any atom is -0.483 e. The molecule has 162 valence electrons. The average molecular weight is 432 g/mol. The maximum absolute atomic E-state index is 12.8. The number of hydrogen-bond donors (Lipinski definition) is 1. The van der Waals surface area contributed by atoms with E-state index in [-0.39, 0.29) is 22.8 Å². The lowest BCUT2D eigenvalue weighted by Crippen LogP contribution is -2.19. The molecule has 0 spiro atoms. The van der Waals surface area contributed by atoms with Gasteiger partial charge in [-0.15, -0.1) is 0 Å². The van der Waals surface area contributed by atoms with E-state index in [9.17, 15) is 36.2 Å². The highest BCUT2D eigenvalue weighted by molar-refractivity contribution is 5.79. The van der Waals surface area contributed by atoms with Crippen LogP contribution in [0.25, 0.3) is 11.1 Å². The molecule has 1 N–H and O–H groups in total. The number of carboxylic acids is 1. The van der Waals surface area contributed by atoms with Crippen molar-refractivity contribution in [3.8, 4) is 16.9 Å². The Morgan fingerprint density at radius 1 is 1.03 bits per heavy atom. The van der Waals surface area contributed by atoms with Gasteiger partial charge in [0.05, 0.1) is 11.5 Å². The maximum atomic E-state index is 12.8. The summed E-state index contributed by atoms with van der Waals surface area (Å²) in [4.78, 5) is 11.7. The molecule has 3 rings (SSSR count). The number of aliphatic carboxylic acids is 1. The van der Waals surface area contributed by atoms with E-state index in [2.05, 4.69) is 0 Å². The zero-order chi connectivity index (χ0) is 22.1. The Balaban J connectivity index is 2.00. The van der Waals surface area contributed by atoms with Crippen molar-refractivity contribution >= 4 is 5.97 Å². The Kier molecular flexibility index (Phi) is 6.01. The van der Waals surface area contributed by atoms with Gasteiger partial charge in [-0.1, -0.05) is 31.0 Å². The Hall–Kier alpha value is -2.71. The molecule has 0 aromatic heterocycles. The molecule has 0 radical (unpaired) electrons. The molecule has 1 aliphatic carbocycles. The van der Waals surface area contributed by atoms with E-state index in [4.69, 9.17) is 4.74 Å². The van der Waals surface area contributed by atoms with Crippen molar-refractivity contribution in [3.63, 3.8) is 0 Å². The summed E-state index contributed by atoms with van der Waals surface area (Å²) in [5.74, 6) is -1.83. The summed E-state index contributed by atoms with van der Waals surface area (Å²) >= 11 is 0. The maximum Gasteiger partial charge on any atom is 0.422 e. The van der Waals surface area contributed by atoms with Crippen LogP contribution in [0.15, 0.2) is 42.5 Å². The number of carbonyl (C=O) groups is 1. The number of benzene rings is 2. The number of rotatable bonds is 7. The third kappa shape index (κ3) is 5.67. The smallest absolute Gasteiger partial charge is 0.422 e. The molecule has 0 amide bonds. The third-order valence-electron chi connectivity index (χ3n) is 4.88. The number of hydrogen-bond acceptors (Lipinski definition) is 2. The lowest BCUT2D eigenvalue weighted by molar-refractivity contribution is -0.153. The van der Waals surface area contributed by atoms with Crippen molar-refractivity contribution in [3.05, 3.63) is 53.6 Å². The average Bonchev–Trinajstić information content (AvgIpc) is 3.47. The van der Waals surface area contributed by atoms with Crippen LogP contribution in [0.2, 0.25) is 0 Å². The monoisotopic (exact) mass is 432 g/mol. The van der Waals surface area contributed by atoms with Gasteiger partial charge in [-0.3, -0.25) is 4.79 Å². The summed E-state index contributed by atoms with van der Waals surface area (Å²) in [6, 6.07) is 7.88. The van der Waals surface area contributed by atoms with Crippen LogP contribution in [0.1, 0.15) is 36.3 Å². The van der Waals surface area contributed by atoms with Gasteiger partial charge in [0.2, 0.25) is 0 Å². The molecular formula is C21H18F6O3. The summed E-state index contributed by atoms with van der Waals surface area (Å²) in [5.41, 5.74) is -0.244. The van der Waals surface area contributed by atoms with Gasteiger partial charge in [0.15, 0.2) is 6.61 Å². The number of alkyl halides is 6. The lowest BCUT2D eigenvalue weighted by atomic mass is 9.90. The van der Waals surface area contributed by atoms with Crippen molar-refractivity contribution in [2.75, 3.05) is 6.61 Å². The molecule has 0 aliphatic heterocycles. The number of carboxylic acid groups (broad SMARTS) is 1. The van der Waals surface area contributed by atoms with Crippen molar-refractivity contribution in [2.24, 2.45) is 5.92 Å². The topological polar surface area (TPSA) is 46.5 Å². The molecule has 1 aliphatic rings. The summed E-state index contributed by atoms with van der Waals surface area (Å²) in [6.45, 7) is -1.58. The summed E-state index contributed by atoms with van der Waals surface area (Å²) < 4.78 is 81.1. The second-order valence-electron chi connectivity index (χ2n) is 7.30. The fourth-order valence-corrected chi connectivity index (χ4v) is 3.18. The first-order valence-corrected chi connectivity index (χ1v) is 9.18. The summed E-state index contributed by atoms with van der Waals surface area (Å²) in [5, 5.41) is 9.57. The first-order valence-electron chi connectivity index (χ1n) is 9.18. The molecular weight excluding hydrogens is 414 g/mol. The van der Waals surface area contributed by atoms with Gasteiger partial charge in [-0.25, -0.2) is 0 Å². The molecule has 0 heterocycles. The van der Waals surface area contributed by atoms with Crippen LogP contribution in [0.5, 0.6) is 5.75 Å². The zero-order valence-corrected chi connectivity index (χ0v) is 15.6. The first-order chi connectivity index (χ1) is 13.9. The summed E-state index contributed by atoms with van der Waals surface area (Å²) in [7, 11) is 0. The molecule has 1 saturated carbocycles. The standard InChI is InChI=1S/C21H18F6O3/c22-20(23,24)11-30-18-8-5-14(17(19(28)29)9-12-1-2-12)10-16(18)13-3-6-15(7-4-13)21(25,26)27/h3-8,10,12,17H,1-2,9,11H2,(H,28,29). The largest absolute Gasteiger partial charge is 0.483 e. The van der Waals surface area contributed by atoms with E-state index in [1.807, 2.05) is 0 Å². The normalized spacial score (nSPS) is 15.7. The second-order valence-corrected chi connectivity index (χ2v) is 7.30. The highest BCUT2D eigenvalue weighted by atomic mass is 19.4. The van der Waals surface area contributed by atoms with Crippen LogP contribution < -0.4 is 4.74 Å². The van der Waals surface area contributed by atoms with Crippen LogP contribution in [0, 0.1) is 5.92 Å². The van der Waals surface area contributed by atoms with Gasteiger partial charge >= 0.3 is 18.3 Å². The predicted molar refractivity (Wildman–Crippen MR) is 96.1 cm³/mol. The molecule has 0 bridgehead atoms. The highest BCUT2D eigenvalue weighted by Crippen LogP contribution is 2.41. The second kappa shape index (κ2) is 8.20. The van der Waals surface area contributed by atoms with Crippen LogP contribution in [-0.2, 0) is 11.0 Å². The fraction of sp³-hybridized carbons (Fsp3) is 0.381. The highest BCUT2D eigenvalue weighted by Gasteiger charge is 2.33. The SMILES string of the molecule is O=C(O)C(CC1CC1)c1ccc(OCC(F)(F)F)c(-c2ccc(C(F)(F)F)cc2)c1.